The van der Waals surface area contributed by atoms with Gasteiger partial charge in [0.05, 0.1) is 35.4 Å². The maximum atomic E-state index is 13.8. The first-order chi connectivity index (χ1) is 17.1. The standard InChI is InChI=1S/C26H34N6O3S/c1-17-8-9-21(29-36(4,34)35)20(13-17)26(33)31-11-6-5-7-23(31)22-16-32-24(27-22)14-19(3)25(28-32)30-12-10-18(2)15-30/h8-9,13-14,16,18,23,29H,5-7,10-12,15H2,1-4H3/t18-,23-/m0/s1. The molecule has 0 saturated carbocycles. The van der Waals surface area contributed by atoms with Crippen LogP contribution in [0.4, 0.5) is 11.5 Å². The van der Waals surface area contributed by atoms with Crippen LogP contribution in [-0.4, -0.2) is 59.7 Å². The molecule has 2 aliphatic rings. The third-order valence-electron chi connectivity index (χ3n) is 7.16. The van der Waals surface area contributed by atoms with E-state index < -0.39 is 10.0 Å². The summed E-state index contributed by atoms with van der Waals surface area (Å²) in [6, 6.07) is 7.07. The first-order valence-electron chi connectivity index (χ1n) is 12.6. The van der Waals surface area contributed by atoms with Crippen LogP contribution < -0.4 is 9.62 Å². The van der Waals surface area contributed by atoms with Crippen LogP contribution in [0.25, 0.3) is 5.65 Å². The molecule has 10 heteroatoms. The third-order valence-corrected chi connectivity index (χ3v) is 7.75. The molecule has 1 N–H and O–H groups in total. The zero-order valence-electron chi connectivity index (χ0n) is 21.4. The Morgan fingerprint density at radius 1 is 1.11 bits per heavy atom. The number of nitrogens with zero attached hydrogens (tertiary/aromatic N) is 5. The predicted molar refractivity (Wildman–Crippen MR) is 141 cm³/mol. The number of carbonyl (C=O) groups is 1. The van der Waals surface area contributed by atoms with Gasteiger partial charge in [-0.2, -0.15) is 0 Å². The Kier molecular flexibility index (Phi) is 6.40. The first kappa shape index (κ1) is 24.5. The number of aromatic nitrogens is 3. The first-order valence-corrected chi connectivity index (χ1v) is 14.5. The smallest absolute Gasteiger partial charge is 0.256 e. The summed E-state index contributed by atoms with van der Waals surface area (Å²) in [6.45, 7) is 8.84. The Morgan fingerprint density at radius 2 is 1.92 bits per heavy atom. The lowest BCUT2D eigenvalue weighted by atomic mass is 9.98. The van der Waals surface area contributed by atoms with E-state index in [0.717, 1.165) is 66.9 Å². The molecule has 0 bridgehead atoms. The highest BCUT2D eigenvalue weighted by Gasteiger charge is 2.32. The summed E-state index contributed by atoms with van der Waals surface area (Å²) in [5.41, 5.74) is 4.23. The highest BCUT2D eigenvalue weighted by molar-refractivity contribution is 7.92. The van der Waals surface area contributed by atoms with Crippen LogP contribution >= 0.6 is 0 Å². The molecule has 2 aliphatic heterocycles. The number of imidazole rings is 1. The van der Waals surface area contributed by atoms with Gasteiger partial charge in [-0.3, -0.25) is 9.52 Å². The molecule has 2 atom stereocenters. The van der Waals surface area contributed by atoms with E-state index in [1.165, 1.54) is 6.42 Å². The fourth-order valence-electron chi connectivity index (χ4n) is 5.38. The zero-order valence-corrected chi connectivity index (χ0v) is 22.2. The lowest BCUT2D eigenvalue weighted by molar-refractivity contribution is 0.0607. The van der Waals surface area contributed by atoms with Gasteiger partial charge in [0, 0.05) is 19.6 Å². The van der Waals surface area contributed by atoms with Gasteiger partial charge in [-0.15, -0.1) is 5.10 Å². The summed E-state index contributed by atoms with van der Waals surface area (Å²) < 4.78 is 28.2. The molecule has 4 heterocycles. The Balaban J connectivity index is 1.49. The number of rotatable bonds is 5. The van der Waals surface area contributed by atoms with Crippen LogP contribution in [0.3, 0.4) is 0 Å². The van der Waals surface area contributed by atoms with Gasteiger partial charge in [-0.1, -0.05) is 18.6 Å². The fraction of sp³-hybridized carbons (Fsp3) is 0.500. The summed E-state index contributed by atoms with van der Waals surface area (Å²) in [5, 5.41) is 4.90. The molecule has 2 saturated heterocycles. The number of carbonyl (C=O) groups excluding carboxylic acids is 1. The van der Waals surface area contributed by atoms with Crippen molar-refractivity contribution in [2.45, 2.75) is 52.5 Å². The molecule has 2 aromatic heterocycles. The normalized spacial score (nSPS) is 20.8. The largest absolute Gasteiger partial charge is 0.355 e. The summed E-state index contributed by atoms with van der Waals surface area (Å²) in [7, 11) is -3.53. The van der Waals surface area contributed by atoms with Crippen LogP contribution in [0.1, 0.15) is 65.8 Å². The number of aryl methyl sites for hydroxylation is 2. The second-order valence-electron chi connectivity index (χ2n) is 10.4. The minimum absolute atomic E-state index is 0.192. The van der Waals surface area contributed by atoms with Crippen LogP contribution in [-0.2, 0) is 10.0 Å². The van der Waals surface area contributed by atoms with Gasteiger partial charge in [0.2, 0.25) is 10.0 Å². The molecule has 1 amide bonds. The molecule has 0 spiro atoms. The van der Waals surface area contributed by atoms with Crippen LogP contribution in [0.2, 0.25) is 0 Å². The number of anilines is 2. The second kappa shape index (κ2) is 9.38. The molecule has 5 rings (SSSR count). The van der Waals surface area contributed by atoms with Gasteiger partial charge in [0.15, 0.2) is 11.5 Å². The minimum Gasteiger partial charge on any atom is -0.355 e. The molecule has 0 aliphatic carbocycles. The minimum atomic E-state index is -3.53. The van der Waals surface area contributed by atoms with Crippen molar-refractivity contribution in [3.8, 4) is 0 Å². The lowest BCUT2D eigenvalue weighted by Gasteiger charge is -2.35. The number of benzene rings is 1. The molecule has 192 valence electrons. The Morgan fingerprint density at radius 3 is 2.64 bits per heavy atom. The third kappa shape index (κ3) is 4.91. The van der Waals surface area contributed by atoms with Crippen molar-refractivity contribution in [3.05, 3.63) is 52.8 Å². The topological polar surface area (TPSA) is 99.9 Å². The molecular formula is C26H34N6O3S. The average Bonchev–Trinajstić information content (AvgIpc) is 3.44. The van der Waals surface area contributed by atoms with Crippen molar-refractivity contribution >= 4 is 33.1 Å². The van der Waals surface area contributed by atoms with E-state index in [1.54, 1.807) is 18.2 Å². The quantitative estimate of drug-likeness (QED) is 0.558. The van der Waals surface area contributed by atoms with Gasteiger partial charge in [-0.05, 0) is 69.2 Å². The maximum Gasteiger partial charge on any atom is 0.256 e. The summed E-state index contributed by atoms with van der Waals surface area (Å²) >= 11 is 0. The molecule has 36 heavy (non-hydrogen) atoms. The van der Waals surface area contributed by atoms with E-state index in [4.69, 9.17) is 10.1 Å². The highest BCUT2D eigenvalue weighted by Crippen LogP contribution is 2.34. The van der Waals surface area contributed by atoms with E-state index in [1.807, 2.05) is 22.5 Å². The number of hydrogen-bond donors (Lipinski definition) is 1. The van der Waals surface area contributed by atoms with Crippen LogP contribution in [0, 0.1) is 19.8 Å². The van der Waals surface area contributed by atoms with Gasteiger partial charge < -0.3 is 9.80 Å². The number of hydrogen-bond acceptors (Lipinski definition) is 6. The maximum absolute atomic E-state index is 13.8. The number of likely N-dealkylation sites (tertiary alicyclic amines) is 1. The summed E-state index contributed by atoms with van der Waals surface area (Å²) in [4.78, 5) is 22.9. The van der Waals surface area contributed by atoms with Gasteiger partial charge in [0.25, 0.3) is 5.91 Å². The molecule has 9 nitrogen and oxygen atoms in total. The van der Waals surface area contributed by atoms with Crippen molar-refractivity contribution < 1.29 is 13.2 Å². The fourth-order valence-corrected chi connectivity index (χ4v) is 5.96. The van der Waals surface area contributed by atoms with Gasteiger partial charge >= 0.3 is 0 Å². The molecule has 1 aromatic carbocycles. The van der Waals surface area contributed by atoms with Crippen molar-refractivity contribution in [1.82, 2.24) is 19.5 Å². The summed E-state index contributed by atoms with van der Waals surface area (Å²) in [6.07, 6.45) is 6.89. The van der Waals surface area contributed by atoms with E-state index in [-0.39, 0.29) is 11.9 Å². The van der Waals surface area contributed by atoms with Crippen LogP contribution in [0.5, 0.6) is 0 Å². The Labute approximate surface area is 212 Å². The molecule has 0 unspecified atom stereocenters. The predicted octanol–water partition coefficient (Wildman–Crippen LogP) is 3.93. The van der Waals surface area contributed by atoms with E-state index in [2.05, 4.69) is 29.5 Å². The SMILES string of the molecule is Cc1ccc(NS(C)(=O)=O)c(C(=O)N2CCCC[C@H]2c2cn3nc(N4CC[C@H](C)C4)c(C)cc3n2)c1. The number of amides is 1. The summed E-state index contributed by atoms with van der Waals surface area (Å²) in [5.74, 6) is 1.46. The number of piperidine rings is 1. The van der Waals surface area contributed by atoms with Crippen LogP contribution in [0.15, 0.2) is 30.5 Å². The Bertz CT molecular complexity index is 1420. The Hall–Kier alpha value is -3.14. The number of sulfonamides is 1. The van der Waals surface area contributed by atoms with Crippen molar-refractivity contribution in [3.63, 3.8) is 0 Å². The molecule has 2 fully saturated rings. The van der Waals surface area contributed by atoms with E-state index in [9.17, 15) is 13.2 Å². The second-order valence-corrected chi connectivity index (χ2v) is 12.1. The average molecular weight is 511 g/mol. The van der Waals surface area contributed by atoms with Gasteiger partial charge in [0.1, 0.15) is 0 Å². The zero-order chi connectivity index (χ0) is 25.6. The van der Waals surface area contributed by atoms with Crippen molar-refractivity contribution in [2.75, 3.05) is 35.5 Å². The molecular weight excluding hydrogens is 476 g/mol. The monoisotopic (exact) mass is 510 g/mol. The lowest BCUT2D eigenvalue weighted by Crippen LogP contribution is -2.39. The highest BCUT2D eigenvalue weighted by atomic mass is 32.2. The van der Waals surface area contributed by atoms with Crippen molar-refractivity contribution in [1.29, 1.82) is 0 Å². The van der Waals surface area contributed by atoms with E-state index >= 15 is 0 Å². The molecule has 3 aromatic rings. The number of fused-ring (bicyclic) bond motifs is 1. The number of nitrogens with one attached hydrogen (secondary N) is 1. The van der Waals surface area contributed by atoms with Crippen molar-refractivity contribution in [2.24, 2.45) is 5.92 Å². The molecule has 0 radical (unpaired) electrons. The van der Waals surface area contributed by atoms with Gasteiger partial charge in [-0.25, -0.2) is 17.9 Å². The van der Waals surface area contributed by atoms with E-state index in [0.29, 0.717) is 23.7 Å².